The van der Waals surface area contributed by atoms with Gasteiger partial charge in [-0.25, -0.2) is 9.67 Å². The minimum atomic E-state index is 0.199. The predicted octanol–water partition coefficient (Wildman–Crippen LogP) is 12.3. The van der Waals surface area contributed by atoms with E-state index in [-0.39, 0.29) is 13.3 Å². The van der Waals surface area contributed by atoms with Gasteiger partial charge in [0.05, 0.1) is 34.7 Å². The number of allylic oxidation sites excluding steroid dienone is 5. The van der Waals surface area contributed by atoms with Gasteiger partial charge in [-0.1, -0.05) is 47.7 Å². The first-order chi connectivity index (χ1) is 30.2. The summed E-state index contributed by atoms with van der Waals surface area (Å²) < 4.78 is 16.4. The van der Waals surface area contributed by atoms with E-state index in [1.165, 1.54) is 20.4 Å². The summed E-state index contributed by atoms with van der Waals surface area (Å²) in [6, 6.07) is 27.0. The summed E-state index contributed by atoms with van der Waals surface area (Å²) in [5, 5.41) is 8.64. The van der Waals surface area contributed by atoms with E-state index in [0.29, 0.717) is 11.4 Å². The number of ether oxygens (including phenoxy) is 2. The number of halogens is 2. The lowest BCUT2D eigenvalue weighted by Crippen LogP contribution is -2.07. The molecule has 5 heterocycles. The van der Waals surface area contributed by atoms with Gasteiger partial charge in [0.25, 0.3) is 0 Å². The minimum absolute atomic E-state index is 0.199. The average Bonchev–Trinajstić information content (AvgIpc) is 4.08. The van der Waals surface area contributed by atoms with Gasteiger partial charge in [0.15, 0.2) is 6.73 Å². The zero-order chi connectivity index (χ0) is 44.5. The topological polar surface area (TPSA) is 109 Å². The number of hydrogen-bond acceptors (Lipinski definition) is 7. The Balaban J connectivity index is 0.952. The third-order valence-corrected chi connectivity index (χ3v) is 14.1. The van der Waals surface area contributed by atoms with Crippen LogP contribution in [0, 0.1) is 31.3 Å². The van der Waals surface area contributed by atoms with Crippen LogP contribution in [0.25, 0.3) is 17.2 Å². The van der Waals surface area contributed by atoms with Crippen LogP contribution < -0.4 is 14.4 Å². The second-order valence-electron chi connectivity index (χ2n) is 16.2. The molecule has 63 heavy (non-hydrogen) atoms. The maximum absolute atomic E-state index is 6.19. The van der Waals surface area contributed by atoms with Crippen LogP contribution in [0.5, 0.6) is 11.5 Å². The molecular weight excluding hydrogens is 1010 g/mol. The number of nitrogens with zero attached hydrogens (tertiary/aromatic N) is 6. The molecule has 3 aromatic carbocycles. The molecule has 320 valence electrons. The van der Waals surface area contributed by atoms with Crippen molar-refractivity contribution in [1.29, 1.82) is 0 Å². The molecule has 2 N–H and O–H groups in total. The fourth-order valence-corrected chi connectivity index (χ4v) is 8.82. The highest BCUT2D eigenvalue weighted by Crippen LogP contribution is 2.41. The highest BCUT2D eigenvalue weighted by molar-refractivity contribution is 14.1. The molecular formula is C51H50I2N8O2. The van der Waals surface area contributed by atoms with E-state index < -0.39 is 0 Å². The molecule has 0 saturated heterocycles. The molecule has 0 saturated carbocycles. The Morgan fingerprint density at radius 3 is 1.97 bits per heavy atom. The third kappa shape index (κ3) is 9.47. The Morgan fingerprint density at radius 2 is 1.40 bits per heavy atom. The number of anilines is 1. The molecule has 0 spiro atoms. The lowest BCUT2D eigenvalue weighted by Gasteiger charge is -2.13. The Hall–Kier alpha value is -5.74. The molecule has 2 aliphatic rings. The predicted molar refractivity (Wildman–Crippen MR) is 274 cm³/mol. The van der Waals surface area contributed by atoms with Crippen LogP contribution >= 0.6 is 45.2 Å². The van der Waals surface area contributed by atoms with E-state index >= 15 is 0 Å². The number of aliphatic imine (C=N–C) groups is 2. The molecule has 6 aromatic rings. The van der Waals surface area contributed by atoms with Gasteiger partial charge in [-0.3, -0.25) is 4.99 Å². The van der Waals surface area contributed by atoms with Gasteiger partial charge in [0.1, 0.15) is 23.8 Å². The van der Waals surface area contributed by atoms with E-state index in [2.05, 4.69) is 199 Å². The Kier molecular flexibility index (Phi) is 12.9. The summed E-state index contributed by atoms with van der Waals surface area (Å²) >= 11 is 4.85. The number of nitrogens with one attached hydrogen (secondary N) is 2. The first-order valence-electron chi connectivity index (χ1n) is 20.7. The smallest absolute Gasteiger partial charge is 0.182 e. The summed E-state index contributed by atoms with van der Waals surface area (Å²) in [6.07, 6.45) is 8.21. The second-order valence-corrected chi connectivity index (χ2v) is 18.4. The average molecular weight is 1060 g/mol. The molecule has 0 amide bonds. The molecule has 8 rings (SSSR count). The fraction of sp³-hybridized carbons (Fsp3) is 0.216. The minimum Gasteiger partial charge on any atom is -0.487 e. The van der Waals surface area contributed by atoms with Gasteiger partial charge in [-0.05, 0) is 187 Å². The molecule has 0 radical (unpaired) electrons. The van der Waals surface area contributed by atoms with Gasteiger partial charge in [-0.15, -0.1) is 5.10 Å². The molecule has 2 aliphatic heterocycles. The van der Waals surface area contributed by atoms with E-state index in [4.69, 9.17) is 19.5 Å². The van der Waals surface area contributed by atoms with Crippen molar-refractivity contribution in [1.82, 2.24) is 25.0 Å². The lowest BCUT2D eigenvalue weighted by atomic mass is 9.96. The van der Waals surface area contributed by atoms with E-state index in [9.17, 15) is 0 Å². The number of benzene rings is 3. The Labute approximate surface area is 396 Å². The van der Waals surface area contributed by atoms with Crippen LogP contribution in [0.15, 0.2) is 133 Å². The highest BCUT2D eigenvalue weighted by Gasteiger charge is 2.26. The Bertz CT molecular complexity index is 2930. The SMILES string of the molecule is CC1=CC(C)=N/C1=C(/c1ccc(OCc2cn(COc3ccc(/C(=C4N=C(/C=C/c5ccc(N(C)C)cc5)C(I)=C/4C)c4[nH]c(C)c(I)c4C)cc3)nn2)cc1)c1[nH]c(C)cc1C. The molecule has 12 heteroatoms. The van der Waals surface area contributed by atoms with Gasteiger partial charge >= 0.3 is 0 Å². The fourth-order valence-electron chi connectivity index (χ4n) is 7.86. The van der Waals surface area contributed by atoms with Crippen molar-refractivity contribution in [3.8, 4) is 11.5 Å². The third-order valence-electron chi connectivity index (χ3n) is 11.2. The quantitative estimate of drug-likeness (QED) is 0.112. The summed E-state index contributed by atoms with van der Waals surface area (Å²) in [7, 11) is 4.10. The van der Waals surface area contributed by atoms with Crippen LogP contribution in [0.3, 0.4) is 0 Å². The number of aromatic nitrogens is 5. The summed E-state index contributed by atoms with van der Waals surface area (Å²) in [6.45, 7) is 15.3. The number of aryl methyl sites for hydroxylation is 3. The first kappa shape index (κ1) is 43.9. The molecule has 0 bridgehead atoms. The van der Waals surface area contributed by atoms with Crippen LogP contribution in [0.1, 0.15) is 77.1 Å². The van der Waals surface area contributed by atoms with Crippen molar-refractivity contribution in [2.75, 3.05) is 19.0 Å². The summed E-state index contributed by atoms with van der Waals surface area (Å²) in [4.78, 5) is 19.5. The van der Waals surface area contributed by atoms with Crippen LogP contribution in [-0.2, 0) is 13.3 Å². The van der Waals surface area contributed by atoms with Crippen LogP contribution in [0.4, 0.5) is 5.69 Å². The van der Waals surface area contributed by atoms with Crippen molar-refractivity contribution in [2.45, 2.75) is 61.8 Å². The number of H-pyrrole nitrogens is 2. The van der Waals surface area contributed by atoms with Gasteiger partial charge in [0, 0.05) is 55.2 Å². The largest absolute Gasteiger partial charge is 0.487 e. The molecule has 10 nitrogen and oxygen atoms in total. The van der Waals surface area contributed by atoms with Crippen molar-refractivity contribution in [2.24, 2.45) is 9.98 Å². The normalized spacial score (nSPS) is 15.6. The standard InChI is InChI=1S/C51H50I2N8O2/c1-29-24-31(3)54-48(29)44(49-30(2)25-32(4)55-49)37-13-19-41(20-14-37)62-27-39-26-61(59-58-39)28-63-42-21-15-38(16-22-42)45(50-33(5)46(52)35(7)56-50)51-34(6)47(53)43(57-51)23-12-36-10-17-40(18-11-36)60(8)9/h10-26,54,56H,27-28H2,1-9H3/b23-12+,49-44-,51-45-. The molecule has 0 fully saturated rings. The second kappa shape index (κ2) is 18.5. The maximum atomic E-state index is 6.19. The zero-order valence-corrected chi connectivity index (χ0v) is 41.3. The van der Waals surface area contributed by atoms with Gasteiger partial charge < -0.3 is 24.3 Å². The van der Waals surface area contributed by atoms with E-state index in [0.717, 1.165) is 93.9 Å². The van der Waals surface area contributed by atoms with Crippen molar-refractivity contribution in [3.63, 3.8) is 0 Å². The van der Waals surface area contributed by atoms with E-state index in [1.807, 2.05) is 37.4 Å². The summed E-state index contributed by atoms with van der Waals surface area (Å²) in [5.41, 5.74) is 20.2. The van der Waals surface area contributed by atoms with E-state index in [1.54, 1.807) is 4.68 Å². The molecule has 0 unspecified atom stereocenters. The summed E-state index contributed by atoms with van der Waals surface area (Å²) in [5.74, 6) is 1.46. The number of hydrogen-bond donors (Lipinski definition) is 2. The lowest BCUT2D eigenvalue weighted by molar-refractivity contribution is 0.218. The first-order valence-corrected chi connectivity index (χ1v) is 22.9. The van der Waals surface area contributed by atoms with Gasteiger partial charge in [-0.2, -0.15) is 0 Å². The zero-order valence-electron chi connectivity index (χ0n) is 37.0. The van der Waals surface area contributed by atoms with Crippen LogP contribution in [-0.4, -0.2) is 50.5 Å². The molecule has 0 aliphatic carbocycles. The highest BCUT2D eigenvalue weighted by atomic mass is 127. The molecule has 3 aromatic heterocycles. The van der Waals surface area contributed by atoms with Crippen molar-refractivity contribution >= 4 is 79.5 Å². The van der Waals surface area contributed by atoms with Gasteiger partial charge in [0.2, 0.25) is 0 Å². The number of aromatic amines is 2. The monoisotopic (exact) mass is 1060 g/mol. The number of rotatable bonds is 13. The maximum Gasteiger partial charge on any atom is 0.182 e. The van der Waals surface area contributed by atoms with Crippen molar-refractivity contribution < 1.29 is 9.47 Å². The van der Waals surface area contributed by atoms with Crippen LogP contribution in [0.2, 0.25) is 0 Å². The Morgan fingerprint density at radius 1 is 0.746 bits per heavy atom. The van der Waals surface area contributed by atoms with Crippen molar-refractivity contribution in [3.05, 3.63) is 183 Å². The molecule has 0 atom stereocenters.